The number of nitrogens with one attached hydrogen (secondary N) is 2. The molecule has 21 heavy (non-hydrogen) atoms. The van der Waals surface area contributed by atoms with Crippen LogP contribution >= 0.6 is 0 Å². The van der Waals surface area contributed by atoms with E-state index in [-0.39, 0.29) is 24.6 Å². The fourth-order valence-corrected chi connectivity index (χ4v) is 1.50. The largest absolute Gasteiger partial charge is 0.390 e. The fraction of sp³-hybridized carbons (Fsp3) is 0.385. The van der Waals surface area contributed by atoms with E-state index in [1.807, 2.05) is 6.07 Å². The third-order valence-electron chi connectivity index (χ3n) is 2.55. The normalized spacial score (nSPS) is 11.9. The highest BCUT2D eigenvalue weighted by Gasteiger charge is 2.26. The molecular weight excluding hydrogens is 288 g/mol. The monoisotopic (exact) mass is 302 g/mol. The van der Waals surface area contributed by atoms with Gasteiger partial charge in [0.2, 0.25) is 0 Å². The van der Waals surface area contributed by atoms with Crippen LogP contribution in [-0.4, -0.2) is 25.7 Å². The second-order valence-electron chi connectivity index (χ2n) is 4.14. The van der Waals surface area contributed by atoms with Crippen molar-refractivity contribution in [2.75, 3.05) is 13.6 Å². The van der Waals surface area contributed by atoms with E-state index in [4.69, 9.17) is 5.26 Å². The average Bonchev–Trinajstić information content (AvgIpc) is 2.43. The molecule has 4 nitrogen and oxygen atoms in total. The lowest BCUT2D eigenvalue weighted by Gasteiger charge is -2.13. The SMILES string of the molecule is CN=C(NCCC(F)(F)F)NCc1cc(C#N)ccc1F. The Balaban J connectivity index is 2.55. The highest BCUT2D eigenvalue weighted by molar-refractivity contribution is 5.79. The number of hydrogen-bond donors (Lipinski definition) is 2. The predicted octanol–water partition coefficient (Wildman–Crippen LogP) is 2.31. The summed E-state index contributed by atoms with van der Waals surface area (Å²) in [7, 11) is 1.39. The molecule has 1 aromatic carbocycles. The van der Waals surface area contributed by atoms with Gasteiger partial charge in [-0.25, -0.2) is 4.39 Å². The molecule has 0 saturated heterocycles. The van der Waals surface area contributed by atoms with Gasteiger partial charge in [0.05, 0.1) is 18.1 Å². The van der Waals surface area contributed by atoms with Gasteiger partial charge >= 0.3 is 6.18 Å². The zero-order valence-electron chi connectivity index (χ0n) is 11.3. The summed E-state index contributed by atoms with van der Waals surface area (Å²) in [4.78, 5) is 3.73. The van der Waals surface area contributed by atoms with Gasteiger partial charge in [-0.2, -0.15) is 18.4 Å². The number of benzene rings is 1. The standard InChI is InChI=1S/C13H14F4N4/c1-19-12(20-5-4-13(15,16)17)21-8-10-6-9(7-18)2-3-11(10)14/h2-3,6H,4-5,8H2,1H3,(H2,19,20,21). The van der Waals surface area contributed by atoms with Gasteiger partial charge < -0.3 is 10.6 Å². The molecule has 0 aliphatic heterocycles. The Morgan fingerprint density at radius 1 is 1.33 bits per heavy atom. The highest BCUT2D eigenvalue weighted by atomic mass is 19.4. The summed E-state index contributed by atoms with van der Waals surface area (Å²) in [6, 6.07) is 5.75. The lowest BCUT2D eigenvalue weighted by Crippen LogP contribution is -2.38. The van der Waals surface area contributed by atoms with Crippen LogP contribution in [0.1, 0.15) is 17.5 Å². The maximum atomic E-state index is 13.5. The Kier molecular flexibility index (Phi) is 5.96. The molecule has 0 spiro atoms. The molecule has 0 aliphatic rings. The first-order valence-corrected chi connectivity index (χ1v) is 6.05. The summed E-state index contributed by atoms with van der Waals surface area (Å²) in [6.07, 6.45) is -5.24. The number of aliphatic imine (C=N–C) groups is 1. The van der Waals surface area contributed by atoms with Crippen LogP contribution in [0.4, 0.5) is 17.6 Å². The summed E-state index contributed by atoms with van der Waals surface area (Å²) in [5, 5.41) is 13.9. The molecule has 0 unspecified atom stereocenters. The van der Waals surface area contributed by atoms with Crippen molar-refractivity contribution in [2.45, 2.75) is 19.1 Å². The van der Waals surface area contributed by atoms with Gasteiger partial charge in [0.1, 0.15) is 5.82 Å². The Bertz CT molecular complexity index is 546. The van der Waals surface area contributed by atoms with E-state index in [1.165, 1.54) is 19.2 Å². The molecule has 0 radical (unpaired) electrons. The van der Waals surface area contributed by atoms with E-state index in [9.17, 15) is 17.6 Å². The molecule has 0 atom stereocenters. The molecule has 114 valence electrons. The van der Waals surface area contributed by atoms with E-state index in [0.717, 1.165) is 6.07 Å². The minimum absolute atomic E-state index is 0.00699. The number of hydrogen-bond acceptors (Lipinski definition) is 2. The van der Waals surface area contributed by atoms with Crippen molar-refractivity contribution in [3.8, 4) is 6.07 Å². The first-order valence-electron chi connectivity index (χ1n) is 6.05. The maximum absolute atomic E-state index is 13.5. The third kappa shape index (κ3) is 6.12. The van der Waals surface area contributed by atoms with Crippen LogP contribution in [0.3, 0.4) is 0 Å². The van der Waals surface area contributed by atoms with Gasteiger partial charge in [0.25, 0.3) is 0 Å². The second kappa shape index (κ2) is 7.47. The molecule has 0 heterocycles. The van der Waals surface area contributed by atoms with Crippen molar-refractivity contribution in [1.82, 2.24) is 10.6 Å². The molecule has 0 amide bonds. The van der Waals surface area contributed by atoms with Crippen LogP contribution in [-0.2, 0) is 6.54 Å². The van der Waals surface area contributed by atoms with E-state index in [0.29, 0.717) is 5.56 Å². The maximum Gasteiger partial charge on any atom is 0.390 e. The molecule has 8 heteroatoms. The number of nitrogens with zero attached hydrogens (tertiary/aromatic N) is 2. The fourth-order valence-electron chi connectivity index (χ4n) is 1.50. The second-order valence-corrected chi connectivity index (χ2v) is 4.14. The van der Waals surface area contributed by atoms with Crippen molar-refractivity contribution in [3.05, 3.63) is 35.1 Å². The topological polar surface area (TPSA) is 60.2 Å². The van der Waals surface area contributed by atoms with Crippen LogP contribution in [0, 0.1) is 17.1 Å². The minimum Gasteiger partial charge on any atom is -0.356 e. The number of guanidine groups is 1. The zero-order chi connectivity index (χ0) is 15.9. The lowest BCUT2D eigenvalue weighted by atomic mass is 10.1. The first kappa shape index (κ1) is 16.8. The van der Waals surface area contributed by atoms with E-state index < -0.39 is 18.4 Å². The number of rotatable bonds is 4. The highest BCUT2D eigenvalue weighted by Crippen LogP contribution is 2.18. The Hall–Kier alpha value is -2.30. The first-order chi connectivity index (χ1) is 9.85. The molecule has 2 N–H and O–H groups in total. The lowest BCUT2D eigenvalue weighted by molar-refractivity contribution is -0.132. The minimum atomic E-state index is -4.25. The van der Waals surface area contributed by atoms with E-state index in [1.54, 1.807) is 0 Å². The molecule has 0 aliphatic carbocycles. The Morgan fingerprint density at radius 2 is 2.05 bits per heavy atom. The van der Waals surface area contributed by atoms with Crippen molar-refractivity contribution >= 4 is 5.96 Å². The van der Waals surface area contributed by atoms with Crippen LogP contribution < -0.4 is 10.6 Å². The third-order valence-corrected chi connectivity index (χ3v) is 2.55. The van der Waals surface area contributed by atoms with Gasteiger partial charge in [-0.1, -0.05) is 0 Å². The number of halogens is 4. The van der Waals surface area contributed by atoms with Gasteiger partial charge in [-0.15, -0.1) is 0 Å². The zero-order valence-corrected chi connectivity index (χ0v) is 11.3. The summed E-state index contributed by atoms with van der Waals surface area (Å²) >= 11 is 0. The quantitative estimate of drug-likeness (QED) is 0.510. The Labute approximate surface area is 119 Å². The Morgan fingerprint density at radius 3 is 2.62 bits per heavy atom. The summed E-state index contributed by atoms with van der Waals surface area (Å²) < 4.78 is 49.6. The summed E-state index contributed by atoms with van der Waals surface area (Å²) in [5.74, 6) is -0.381. The molecular formula is C13H14F4N4. The van der Waals surface area contributed by atoms with Crippen molar-refractivity contribution in [1.29, 1.82) is 5.26 Å². The average molecular weight is 302 g/mol. The van der Waals surface area contributed by atoms with Crippen LogP contribution in [0.2, 0.25) is 0 Å². The van der Waals surface area contributed by atoms with Crippen LogP contribution in [0.25, 0.3) is 0 Å². The van der Waals surface area contributed by atoms with Crippen molar-refractivity contribution < 1.29 is 17.6 Å². The van der Waals surface area contributed by atoms with Crippen LogP contribution in [0.15, 0.2) is 23.2 Å². The van der Waals surface area contributed by atoms with Gasteiger partial charge in [-0.3, -0.25) is 4.99 Å². The number of alkyl halides is 3. The number of nitriles is 1. The van der Waals surface area contributed by atoms with E-state index >= 15 is 0 Å². The van der Waals surface area contributed by atoms with Gasteiger partial charge in [0.15, 0.2) is 5.96 Å². The van der Waals surface area contributed by atoms with Crippen molar-refractivity contribution in [3.63, 3.8) is 0 Å². The molecule has 0 aromatic heterocycles. The smallest absolute Gasteiger partial charge is 0.356 e. The molecule has 0 bridgehead atoms. The molecule has 0 fully saturated rings. The molecule has 1 aromatic rings. The predicted molar refractivity (Wildman–Crippen MR) is 70.0 cm³/mol. The van der Waals surface area contributed by atoms with Crippen LogP contribution in [0.5, 0.6) is 0 Å². The molecule has 0 saturated carbocycles. The van der Waals surface area contributed by atoms with E-state index in [2.05, 4.69) is 15.6 Å². The molecule has 1 rings (SSSR count). The van der Waals surface area contributed by atoms with Gasteiger partial charge in [-0.05, 0) is 18.2 Å². The summed E-state index contributed by atoms with van der Waals surface area (Å²) in [5.41, 5.74) is 0.529. The summed E-state index contributed by atoms with van der Waals surface area (Å²) in [6.45, 7) is -0.322. The van der Waals surface area contributed by atoms with Gasteiger partial charge in [0, 0.05) is 25.7 Å². The van der Waals surface area contributed by atoms with Crippen molar-refractivity contribution in [2.24, 2.45) is 4.99 Å².